The molecule has 0 amide bonds. The van der Waals surface area contributed by atoms with Crippen molar-refractivity contribution in [1.29, 1.82) is 0 Å². The van der Waals surface area contributed by atoms with E-state index in [9.17, 15) is 4.79 Å². The fourth-order valence-electron chi connectivity index (χ4n) is 3.31. The molecular weight excluding hydrogens is 262 g/mol. The lowest BCUT2D eigenvalue weighted by Crippen LogP contribution is -2.33. The SMILES string of the molecule is COc1cncc(C(=O)C2(c3ccccc3)CCCC2)c1. The number of methoxy groups -OCH3 is 1. The van der Waals surface area contributed by atoms with Crippen LogP contribution in [0.3, 0.4) is 0 Å². The number of nitrogens with zero attached hydrogens (tertiary/aromatic N) is 1. The largest absolute Gasteiger partial charge is 0.495 e. The molecular formula is C18H19NO2. The Kier molecular flexibility index (Phi) is 3.74. The fraction of sp³-hybridized carbons (Fsp3) is 0.333. The lowest BCUT2D eigenvalue weighted by atomic mass is 9.73. The van der Waals surface area contributed by atoms with Crippen molar-refractivity contribution in [2.24, 2.45) is 0 Å². The van der Waals surface area contributed by atoms with Crippen LogP contribution in [-0.4, -0.2) is 17.9 Å². The third-order valence-electron chi connectivity index (χ3n) is 4.43. The van der Waals surface area contributed by atoms with Crippen LogP contribution in [0, 0.1) is 0 Å². The van der Waals surface area contributed by atoms with Gasteiger partial charge in [0.25, 0.3) is 0 Å². The molecule has 0 saturated heterocycles. The lowest BCUT2D eigenvalue weighted by molar-refractivity contribution is 0.0885. The molecule has 1 aliphatic rings. The first-order valence-corrected chi connectivity index (χ1v) is 7.36. The molecule has 3 heteroatoms. The average Bonchev–Trinajstić information content (AvgIpc) is 3.06. The number of aromatic nitrogens is 1. The molecule has 0 bridgehead atoms. The smallest absolute Gasteiger partial charge is 0.175 e. The molecule has 108 valence electrons. The van der Waals surface area contributed by atoms with Gasteiger partial charge in [0.1, 0.15) is 5.75 Å². The summed E-state index contributed by atoms with van der Waals surface area (Å²) in [6.07, 6.45) is 7.28. The topological polar surface area (TPSA) is 39.2 Å². The van der Waals surface area contributed by atoms with Crippen LogP contribution in [0.2, 0.25) is 0 Å². The monoisotopic (exact) mass is 281 g/mol. The first-order valence-electron chi connectivity index (χ1n) is 7.36. The summed E-state index contributed by atoms with van der Waals surface area (Å²) in [7, 11) is 1.59. The third-order valence-corrected chi connectivity index (χ3v) is 4.43. The number of hydrogen-bond donors (Lipinski definition) is 0. The number of ether oxygens (including phenoxy) is 1. The Morgan fingerprint density at radius 3 is 2.52 bits per heavy atom. The molecule has 1 saturated carbocycles. The van der Waals surface area contributed by atoms with Gasteiger partial charge in [-0.2, -0.15) is 0 Å². The average molecular weight is 281 g/mol. The molecule has 1 aromatic carbocycles. The van der Waals surface area contributed by atoms with Crippen molar-refractivity contribution < 1.29 is 9.53 Å². The van der Waals surface area contributed by atoms with Crippen LogP contribution in [0.1, 0.15) is 41.6 Å². The van der Waals surface area contributed by atoms with E-state index in [0.717, 1.165) is 31.2 Å². The minimum atomic E-state index is -0.394. The molecule has 1 aliphatic carbocycles. The molecule has 1 fully saturated rings. The van der Waals surface area contributed by atoms with E-state index >= 15 is 0 Å². The molecule has 1 aromatic heterocycles. The highest BCUT2D eigenvalue weighted by Crippen LogP contribution is 2.43. The van der Waals surface area contributed by atoms with E-state index in [1.807, 2.05) is 18.2 Å². The van der Waals surface area contributed by atoms with Crippen molar-refractivity contribution in [2.75, 3.05) is 7.11 Å². The molecule has 3 rings (SSSR count). The summed E-state index contributed by atoms with van der Waals surface area (Å²) < 4.78 is 5.19. The number of carbonyl (C=O) groups excluding carboxylic acids is 1. The van der Waals surface area contributed by atoms with Gasteiger partial charge in [-0.1, -0.05) is 43.2 Å². The highest BCUT2D eigenvalue weighted by atomic mass is 16.5. The Balaban J connectivity index is 2.03. The van der Waals surface area contributed by atoms with Crippen LogP contribution in [0.4, 0.5) is 0 Å². The van der Waals surface area contributed by atoms with E-state index in [4.69, 9.17) is 4.74 Å². The second kappa shape index (κ2) is 5.68. The zero-order valence-corrected chi connectivity index (χ0v) is 12.2. The summed E-state index contributed by atoms with van der Waals surface area (Å²) in [5.74, 6) is 0.791. The highest BCUT2D eigenvalue weighted by Gasteiger charge is 2.42. The number of ketones is 1. The van der Waals surface area contributed by atoms with Crippen molar-refractivity contribution in [3.8, 4) is 5.75 Å². The molecule has 0 aliphatic heterocycles. The van der Waals surface area contributed by atoms with Gasteiger partial charge >= 0.3 is 0 Å². The van der Waals surface area contributed by atoms with E-state index in [1.165, 1.54) is 0 Å². The van der Waals surface area contributed by atoms with Crippen molar-refractivity contribution in [2.45, 2.75) is 31.1 Å². The van der Waals surface area contributed by atoms with Crippen LogP contribution < -0.4 is 4.74 Å². The van der Waals surface area contributed by atoms with Crippen LogP contribution in [0.5, 0.6) is 5.75 Å². The predicted octanol–water partition coefficient (Wildman–Crippen LogP) is 3.78. The quantitative estimate of drug-likeness (QED) is 0.800. The van der Waals surface area contributed by atoms with E-state index in [1.54, 1.807) is 25.6 Å². The molecule has 3 nitrogen and oxygen atoms in total. The zero-order chi connectivity index (χ0) is 14.7. The predicted molar refractivity (Wildman–Crippen MR) is 81.7 cm³/mol. The standard InChI is InChI=1S/C18H19NO2/c1-21-16-11-14(12-19-13-16)17(20)18(9-5-6-10-18)15-7-3-2-4-8-15/h2-4,7-8,11-13H,5-6,9-10H2,1H3. The minimum Gasteiger partial charge on any atom is -0.495 e. The van der Waals surface area contributed by atoms with Crippen molar-refractivity contribution in [3.63, 3.8) is 0 Å². The van der Waals surface area contributed by atoms with Crippen molar-refractivity contribution >= 4 is 5.78 Å². The lowest BCUT2D eigenvalue weighted by Gasteiger charge is -2.28. The van der Waals surface area contributed by atoms with E-state index in [2.05, 4.69) is 17.1 Å². The first-order chi connectivity index (χ1) is 10.3. The number of hydrogen-bond acceptors (Lipinski definition) is 3. The normalized spacial score (nSPS) is 16.6. The van der Waals surface area contributed by atoms with Gasteiger partial charge in [-0.25, -0.2) is 0 Å². The molecule has 0 spiro atoms. The second-order valence-electron chi connectivity index (χ2n) is 5.60. The van der Waals surface area contributed by atoms with Crippen molar-refractivity contribution in [1.82, 2.24) is 4.98 Å². The maximum Gasteiger partial charge on any atom is 0.175 e. The Morgan fingerprint density at radius 2 is 1.86 bits per heavy atom. The number of carbonyl (C=O) groups is 1. The summed E-state index contributed by atoms with van der Waals surface area (Å²) >= 11 is 0. The van der Waals surface area contributed by atoms with Crippen molar-refractivity contribution in [3.05, 3.63) is 59.9 Å². The third kappa shape index (κ3) is 2.44. The van der Waals surface area contributed by atoms with Gasteiger partial charge in [0.05, 0.1) is 18.7 Å². The molecule has 1 heterocycles. The Bertz CT molecular complexity index is 631. The minimum absolute atomic E-state index is 0.164. The maximum absolute atomic E-state index is 13.1. The van der Waals surface area contributed by atoms with Gasteiger partial charge in [-0.05, 0) is 24.5 Å². The molecule has 21 heavy (non-hydrogen) atoms. The number of pyridine rings is 1. The van der Waals surface area contributed by atoms with E-state index < -0.39 is 5.41 Å². The van der Waals surface area contributed by atoms with Gasteiger partial charge in [0, 0.05) is 11.8 Å². The Morgan fingerprint density at radius 1 is 1.14 bits per heavy atom. The van der Waals surface area contributed by atoms with Crippen LogP contribution >= 0.6 is 0 Å². The summed E-state index contributed by atoms with van der Waals surface area (Å²) in [5, 5.41) is 0. The van der Waals surface area contributed by atoms with E-state index in [-0.39, 0.29) is 5.78 Å². The van der Waals surface area contributed by atoms with E-state index in [0.29, 0.717) is 11.3 Å². The Hall–Kier alpha value is -2.16. The second-order valence-corrected chi connectivity index (χ2v) is 5.60. The maximum atomic E-state index is 13.1. The number of Topliss-reactive ketones (excluding diaryl/α,β-unsaturated/α-hetero) is 1. The molecule has 0 atom stereocenters. The fourth-order valence-corrected chi connectivity index (χ4v) is 3.31. The summed E-state index contributed by atoms with van der Waals surface area (Å²) in [6.45, 7) is 0. The van der Waals surface area contributed by atoms with Gasteiger partial charge in [0.15, 0.2) is 5.78 Å². The van der Waals surface area contributed by atoms with Gasteiger partial charge in [-0.15, -0.1) is 0 Å². The summed E-state index contributed by atoms with van der Waals surface area (Å²) in [4.78, 5) is 17.3. The molecule has 0 unspecified atom stereocenters. The van der Waals surface area contributed by atoms with Crippen LogP contribution in [0.25, 0.3) is 0 Å². The number of rotatable bonds is 4. The summed E-state index contributed by atoms with van der Waals surface area (Å²) in [5.41, 5.74) is 1.37. The van der Waals surface area contributed by atoms with Gasteiger partial charge in [-0.3, -0.25) is 9.78 Å². The van der Waals surface area contributed by atoms with Crippen LogP contribution in [0.15, 0.2) is 48.8 Å². The zero-order valence-electron chi connectivity index (χ0n) is 12.2. The first kappa shape index (κ1) is 13.8. The molecule has 0 N–H and O–H groups in total. The molecule has 2 aromatic rings. The Labute approximate surface area is 125 Å². The summed E-state index contributed by atoms with van der Waals surface area (Å²) in [6, 6.07) is 11.9. The number of benzene rings is 1. The highest BCUT2D eigenvalue weighted by molar-refractivity contribution is 6.04. The van der Waals surface area contributed by atoms with Gasteiger partial charge in [0.2, 0.25) is 0 Å². The van der Waals surface area contributed by atoms with Crippen LogP contribution in [-0.2, 0) is 5.41 Å². The molecule has 0 radical (unpaired) electrons. The van der Waals surface area contributed by atoms with Gasteiger partial charge < -0.3 is 4.74 Å².